The number of rotatable bonds is 15. The van der Waals surface area contributed by atoms with Gasteiger partial charge in [0.2, 0.25) is 0 Å². The molecule has 0 amide bonds. The minimum absolute atomic E-state index is 0. The number of hydrogen-bond donors (Lipinski definition) is 8. The van der Waals surface area contributed by atoms with Crippen molar-refractivity contribution in [1.29, 1.82) is 0 Å². The average molecular weight is 2490 g/mol. The molecule has 4 aromatic heterocycles. The van der Waals surface area contributed by atoms with Crippen LogP contribution < -0.4 is 0 Å². The van der Waals surface area contributed by atoms with Gasteiger partial charge in [0, 0.05) is 115 Å². The van der Waals surface area contributed by atoms with Gasteiger partial charge in [0.25, 0.3) is 0 Å². The maximum atomic E-state index is 13.2. The molecule has 4 radical (unpaired) electrons. The largest absolute Gasteiger partial charge is 0.416 e. The van der Waals surface area contributed by atoms with Crippen LogP contribution in [0.1, 0.15) is 103 Å². The van der Waals surface area contributed by atoms with Gasteiger partial charge in [-0.25, -0.2) is 4.39 Å². The Morgan fingerprint density at radius 1 is 0.248 bits per heavy atom. The third-order valence-electron chi connectivity index (χ3n) is 17.6. The summed E-state index contributed by atoms with van der Waals surface area (Å²) in [5.41, 5.74) is 12.4. The summed E-state index contributed by atoms with van der Waals surface area (Å²) >= 11 is 0. The summed E-state index contributed by atoms with van der Waals surface area (Å²) < 4.78 is 141. The standard InChI is InChI=1S/C22H11F6N2.C20H11F2N2.C20H13N2.C16H10F3N2.4C5H12O2.4Ir/c23-21(24,25)15-9-5-13(6-10-15)19-20(30-18-4-2-1-3-17(18)29-19)14-7-11-16(12-8-14)22(26,27)28;21-15-9-5-13(6-10-15)19-20(14-7-11-16(22)12-8-14)24-18-4-2-1-3-17(18)23-19;1-3-9-15(10-4-1)19-20(16-11-5-2-6-12-16)22-18-14-8-7-13-17(18)21-19;1-10-15(21-14-5-3-2-4-13(14)20-10)11-6-8-12(9-7-11)16(17,18)19;4*1-4(6)3-5(2)7;;;;/h1-7,9-12H;1-7,9-12H;1-11,13-14H;2-6,8-9H,1H3;4*4-7H,3H2,1-2H3;;;;/q4*-1;;;;;;;;. The van der Waals surface area contributed by atoms with Crippen LogP contribution in [0.15, 0.2) is 255 Å². The third kappa shape index (κ3) is 36.2. The topological polar surface area (TPSA) is 265 Å². The number of aryl methyl sites for hydroxylation is 1. The van der Waals surface area contributed by atoms with Gasteiger partial charge in [0.1, 0.15) is 5.82 Å². The van der Waals surface area contributed by atoms with Crippen molar-refractivity contribution in [3.05, 3.63) is 313 Å². The Morgan fingerprint density at radius 2 is 0.488 bits per heavy atom. The van der Waals surface area contributed by atoms with E-state index in [9.17, 15) is 48.3 Å². The molecule has 16 nitrogen and oxygen atoms in total. The first-order valence-electron chi connectivity index (χ1n) is 39.5. The number of aromatic nitrogens is 8. The Kier molecular flexibility index (Phi) is 46.3. The molecule has 8 atom stereocenters. The fourth-order valence-corrected chi connectivity index (χ4v) is 12.1. The second-order valence-electron chi connectivity index (χ2n) is 29.2. The van der Waals surface area contributed by atoms with E-state index < -0.39 is 35.2 Å². The van der Waals surface area contributed by atoms with Crippen LogP contribution in [0.2, 0.25) is 0 Å². The Labute approximate surface area is 794 Å². The number of nitrogens with zero attached hydrogens (tertiary/aromatic N) is 8. The quantitative estimate of drug-likeness (QED) is 0.0350. The van der Waals surface area contributed by atoms with Gasteiger partial charge in [-0.05, 0) is 189 Å². The third-order valence-corrected chi connectivity index (χ3v) is 17.6. The van der Waals surface area contributed by atoms with Crippen molar-refractivity contribution in [2.24, 2.45) is 0 Å². The number of aliphatic hydroxyl groups is 8. The molecule has 31 heteroatoms. The first-order valence-corrected chi connectivity index (χ1v) is 39.5. The fourth-order valence-electron chi connectivity index (χ4n) is 12.1. The summed E-state index contributed by atoms with van der Waals surface area (Å²) in [7, 11) is 0. The van der Waals surface area contributed by atoms with Crippen molar-refractivity contribution < 1.29 is 170 Å². The first-order chi connectivity index (χ1) is 59.2. The van der Waals surface area contributed by atoms with Crippen LogP contribution in [-0.4, -0.2) is 130 Å². The molecule has 4 heterocycles. The number of hydrogen-bond acceptors (Lipinski definition) is 16. The molecule has 0 fully saturated rings. The summed E-state index contributed by atoms with van der Waals surface area (Å²) in [6.45, 7) is 15.1. The van der Waals surface area contributed by atoms with Crippen molar-refractivity contribution >= 4 is 44.1 Å². The van der Waals surface area contributed by atoms with E-state index in [1.165, 1.54) is 48.5 Å². The molecule has 15 aromatic rings. The van der Waals surface area contributed by atoms with Crippen LogP contribution in [0.25, 0.3) is 123 Å². The molecule has 0 saturated heterocycles. The maximum Gasteiger partial charge on any atom is 0.416 e. The molecule has 690 valence electrons. The van der Waals surface area contributed by atoms with Crippen LogP contribution in [0.4, 0.5) is 48.3 Å². The van der Waals surface area contributed by atoms with Crippen molar-refractivity contribution in [2.75, 3.05) is 0 Å². The van der Waals surface area contributed by atoms with E-state index >= 15 is 0 Å². The number of fused-ring (bicyclic) bond motifs is 4. The Morgan fingerprint density at radius 3 is 0.760 bits per heavy atom. The molecule has 8 N–H and O–H groups in total. The van der Waals surface area contributed by atoms with Gasteiger partial charge in [-0.2, -0.15) is 39.5 Å². The Bertz CT molecular complexity index is 5510. The molecule has 0 spiro atoms. The maximum absolute atomic E-state index is 13.2. The SMILES string of the molecule is CC(O)CC(C)O.CC(O)CC(C)O.CC(O)CC(C)O.CC(O)CC(C)O.Cc1nc2ccccc2nc1-c1[c-]cc(C(F)(F)F)cc1.FC(F)(F)c1c[c-]c(-c2nc3ccccc3nc2-c2ccc(C(F)(F)F)cc2)cc1.Fc1c[c-]c(-c2nc3ccccc3nc2-c2ccc(F)cc2)cc1.[Ir].[Ir].[Ir].[Ir].[c-]1ccccc1-c1nc2ccccc2nc1-c1ccccc1. The van der Waals surface area contributed by atoms with Gasteiger partial charge in [0.05, 0.1) is 116 Å². The molecule has 15 rings (SSSR count). The van der Waals surface area contributed by atoms with E-state index in [0.717, 1.165) is 92.1 Å². The molecule has 0 aliphatic rings. The molecular weight excluding hydrogens is 2390 g/mol. The van der Waals surface area contributed by atoms with E-state index in [4.69, 9.17) is 50.8 Å². The zero-order valence-corrected chi connectivity index (χ0v) is 80.4. The number of aliphatic hydroxyl groups excluding tert-OH is 8. The van der Waals surface area contributed by atoms with Crippen molar-refractivity contribution in [1.82, 2.24) is 39.9 Å². The molecule has 0 aliphatic carbocycles. The van der Waals surface area contributed by atoms with E-state index in [1.807, 2.05) is 115 Å². The molecule has 0 bridgehead atoms. The Balaban J connectivity index is 0.000000326. The van der Waals surface area contributed by atoms with Crippen LogP contribution in [0.5, 0.6) is 0 Å². The van der Waals surface area contributed by atoms with Crippen LogP contribution in [0.3, 0.4) is 0 Å². The monoisotopic (exact) mass is 2490 g/mol. The van der Waals surface area contributed by atoms with E-state index in [1.54, 1.807) is 105 Å². The zero-order chi connectivity index (χ0) is 91.3. The molecule has 0 aliphatic heterocycles. The first kappa shape index (κ1) is 112. The normalized spacial score (nSPS) is 12.7. The summed E-state index contributed by atoms with van der Waals surface area (Å²) in [6.07, 6.45) is -14.5. The van der Waals surface area contributed by atoms with Gasteiger partial charge in [0.15, 0.2) is 0 Å². The molecule has 8 unspecified atom stereocenters. The minimum atomic E-state index is -4.51. The number of benzene rings is 11. The molecule has 129 heavy (non-hydrogen) atoms. The molecular formula is C98H93F11Ir4N8O8-4. The number of alkyl halides is 9. The number of halogens is 11. The fraction of sp³-hybridized carbons (Fsp3) is 0.245. The second kappa shape index (κ2) is 53.6. The summed E-state index contributed by atoms with van der Waals surface area (Å²) in [4.78, 5) is 36.9. The molecule has 11 aromatic carbocycles. The van der Waals surface area contributed by atoms with E-state index in [-0.39, 0.29) is 158 Å². The van der Waals surface area contributed by atoms with E-state index in [2.05, 4.69) is 66.3 Å². The summed E-state index contributed by atoms with van der Waals surface area (Å²) in [5, 5.41) is 68.5. The molecule has 0 saturated carbocycles. The predicted molar refractivity (Wildman–Crippen MR) is 463 cm³/mol. The summed E-state index contributed by atoms with van der Waals surface area (Å²) in [6, 6.07) is 80.0. The number of para-hydroxylation sites is 8. The zero-order valence-electron chi connectivity index (χ0n) is 70.8. The van der Waals surface area contributed by atoms with Crippen molar-refractivity contribution in [3.63, 3.8) is 0 Å². The Hall–Kier alpha value is -9.71. The van der Waals surface area contributed by atoms with Crippen LogP contribution in [-0.2, 0) is 99.0 Å². The second-order valence-corrected chi connectivity index (χ2v) is 29.2. The van der Waals surface area contributed by atoms with Crippen LogP contribution >= 0.6 is 0 Å². The van der Waals surface area contributed by atoms with Gasteiger partial charge in [-0.15, -0.1) is 125 Å². The summed E-state index contributed by atoms with van der Waals surface area (Å²) in [5.74, 6) is -0.682. The smallest absolute Gasteiger partial charge is 0.393 e. The average Bonchev–Trinajstić information content (AvgIpc) is 0.806. The van der Waals surface area contributed by atoms with Crippen LogP contribution in [0, 0.1) is 42.8 Å². The minimum Gasteiger partial charge on any atom is -0.393 e. The predicted octanol–water partition coefficient (Wildman–Crippen LogP) is 21.6. The van der Waals surface area contributed by atoms with Gasteiger partial charge < -0.3 is 40.9 Å². The van der Waals surface area contributed by atoms with Crippen molar-refractivity contribution in [2.45, 2.75) is 155 Å². The van der Waals surface area contributed by atoms with E-state index in [0.29, 0.717) is 81.7 Å². The van der Waals surface area contributed by atoms with Crippen molar-refractivity contribution in [3.8, 4) is 78.8 Å². The van der Waals surface area contributed by atoms with Gasteiger partial charge >= 0.3 is 18.5 Å². The van der Waals surface area contributed by atoms with Gasteiger partial charge in [-0.1, -0.05) is 103 Å². The van der Waals surface area contributed by atoms with Gasteiger partial charge in [-0.3, -0.25) is 44.3 Å².